The molecule has 6 nitrogen and oxygen atoms in total. The highest BCUT2D eigenvalue weighted by molar-refractivity contribution is 6.65. The summed E-state index contributed by atoms with van der Waals surface area (Å²) in [5.74, 6) is 1.05. The molecule has 0 amide bonds. The summed E-state index contributed by atoms with van der Waals surface area (Å²) in [5, 5.41) is 1.12. The lowest BCUT2D eigenvalue weighted by Crippen LogP contribution is -2.40. The zero-order chi connectivity index (χ0) is 15.1. The van der Waals surface area contributed by atoms with Crippen LogP contribution in [0.3, 0.4) is 0 Å². The van der Waals surface area contributed by atoms with E-state index in [0.29, 0.717) is 27.9 Å². The molecule has 0 saturated carbocycles. The molecule has 0 spiro atoms. The molecule has 106 valence electrons. The molecule has 2 heterocycles. The highest BCUT2D eigenvalue weighted by Crippen LogP contribution is 2.19. The normalized spacial score (nSPS) is 15.5. The van der Waals surface area contributed by atoms with Crippen molar-refractivity contribution in [3.63, 3.8) is 0 Å². The third-order valence-corrected chi connectivity index (χ3v) is 3.46. The third-order valence-electron chi connectivity index (χ3n) is 3.46. The quantitative estimate of drug-likeness (QED) is 0.771. The molecule has 0 fully saturated rings. The van der Waals surface area contributed by atoms with E-state index in [9.17, 15) is 4.79 Å². The van der Waals surface area contributed by atoms with Crippen molar-refractivity contribution in [3.8, 4) is 5.75 Å². The van der Waals surface area contributed by atoms with Crippen LogP contribution in [0.25, 0.3) is 11.8 Å². The molecular weight excluding hydrogens is 280 g/mol. The molecule has 1 aliphatic carbocycles. The molecule has 0 bridgehead atoms. The Bertz CT molecular complexity index is 972. The Kier molecular flexibility index (Phi) is 2.69. The van der Waals surface area contributed by atoms with Crippen molar-refractivity contribution < 1.29 is 9.53 Å². The monoisotopic (exact) mass is 290 g/mol. The van der Waals surface area contributed by atoms with Gasteiger partial charge in [0.15, 0.2) is 5.84 Å². The number of benzene rings is 1. The minimum Gasteiger partial charge on any atom is -0.497 e. The number of carbonyl (C=O) groups is 1. The molecule has 0 atom stereocenters. The fraction of sp³-hybridized carbons (Fsp3) is 0.0625. The van der Waals surface area contributed by atoms with Gasteiger partial charge in [-0.25, -0.2) is 9.98 Å². The van der Waals surface area contributed by atoms with Crippen molar-refractivity contribution in [3.05, 3.63) is 52.9 Å². The molecule has 4 rings (SSSR count). The number of ketones is 1. The van der Waals surface area contributed by atoms with Gasteiger partial charge in [-0.3, -0.25) is 14.8 Å². The highest BCUT2D eigenvalue weighted by Gasteiger charge is 2.27. The number of hydrogen-bond acceptors (Lipinski definition) is 6. The van der Waals surface area contributed by atoms with E-state index in [1.165, 1.54) is 6.08 Å². The fourth-order valence-corrected chi connectivity index (χ4v) is 2.38. The molecule has 2 aromatic rings. The van der Waals surface area contributed by atoms with Gasteiger partial charge in [0.1, 0.15) is 22.5 Å². The zero-order valence-electron chi connectivity index (χ0n) is 11.6. The Balaban J connectivity index is 1.90. The second-order valence-electron chi connectivity index (χ2n) is 4.77. The maximum Gasteiger partial charge on any atom is 0.208 e. The summed E-state index contributed by atoms with van der Waals surface area (Å²) in [4.78, 5) is 29.4. The van der Waals surface area contributed by atoms with E-state index >= 15 is 0 Å². The summed E-state index contributed by atoms with van der Waals surface area (Å²) >= 11 is 0. The van der Waals surface area contributed by atoms with Crippen LogP contribution in [0.5, 0.6) is 5.75 Å². The lowest BCUT2D eigenvalue weighted by Gasteiger charge is -2.01. The first-order valence-electron chi connectivity index (χ1n) is 6.66. The van der Waals surface area contributed by atoms with Crippen molar-refractivity contribution in [1.82, 2.24) is 9.97 Å². The predicted molar refractivity (Wildman–Crippen MR) is 81.1 cm³/mol. The molecule has 22 heavy (non-hydrogen) atoms. The first kappa shape index (κ1) is 12.6. The molecule has 0 unspecified atom stereocenters. The van der Waals surface area contributed by atoms with E-state index in [4.69, 9.17) is 4.74 Å². The lowest BCUT2D eigenvalue weighted by molar-refractivity contribution is -0.107. The van der Waals surface area contributed by atoms with E-state index in [1.807, 2.05) is 24.3 Å². The number of aliphatic imine (C=N–C) groups is 2. The van der Waals surface area contributed by atoms with Crippen molar-refractivity contribution >= 4 is 29.1 Å². The standard InChI is InChI=1S/C16H10N4O2/c1-22-10-4-2-9(3-5-10)16-19-14-12(21)8-11-13(15(14)20-16)18-7-6-17-11/h2-8H,1H3. The second kappa shape index (κ2) is 4.70. The number of methoxy groups -OCH3 is 1. The number of fused-ring (bicyclic) bond motifs is 2. The first-order chi connectivity index (χ1) is 10.8. The van der Waals surface area contributed by atoms with Gasteiger partial charge >= 0.3 is 0 Å². The number of ether oxygens (including phenoxy) is 1. The number of hydrogen-bond donors (Lipinski definition) is 0. The van der Waals surface area contributed by atoms with E-state index < -0.39 is 0 Å². The van der Waals surface area contributed by atoms with Gasteiger partial charge in [-0.2, -0.15) is 0 Å². The molecule has 1 aliphatic heterocycles. The zero-order valence-corrected chi connectivity index (χ0v) is 11.6. The minimum absolute atomic E-state index is 0.199. The van der Waals surface area contributed by atoms with Crippen LogP contribution < -0.4 is 15.4 Å². The molecule has 6 heteroatoms. The van der Waals surface area contributed by atoms with E-state index in [-0.39, 0.29) is 5.78 Å². The van der Waals surface area contributed by atoms with Crippen LogP contribution in [0.4, 0.5) is 0 Å². The van der Waals surface area contributed by atoms with E-state index in [0.717, 1.165) is 11.3 Å². The van der Waals surface area contributed by atoms with Crippen molar-refractivity contribution in [2.24, 2.45) is 9.98 Å². The maximum absolute atomic E-state index is 12.1. The van der Waals surface area contributed by atoms with Crippen LogP contribution in [0.1, 0.15) is 5.56 Å². The molecule has 0 N–H and O–H groups in total. The third kappa shape index (κ3) is 1.85. The summed E-state index contributed by atoms with van der Waals surface area (Å²) in [6.45, 7) is 0. The van der Waals surface area contributed by atoms with Crippen LogP contribution >= 0.6 is 0 Å². The molecular formula is C16H10N4O2. The fourth-order valence-electron chi connectivity index (χ4n) is 2.38. The average Bonchev–Trinajstić information content (AvgIpc) is 3.01. The smallest absolute Gasteiger partial charge is 0.208 e. The SMILES string of the molecule is COc1ccc(C2=NC3=c4nccnc4=CC(=O)C3=N2)cc1. The number of amidine groups is 1. The number of Topliss-reactive ketones (excluding diaryl/α,β-unsaturated/α-hetero) is 1. The summed E-state index contributed by atoms with van der Waals surface area (Å²) in [5.41, 5.74) is 1.62. The summed E-state index contributed by atoms with van der Waals surface area (Å²) in [6, 6.07) is 7.36. The summed E-state index contributed by atoms with van der Waals surface area (Å²) in [7, 11) is 1.61. The van der Waals surface area contributed by atoms with Gasteiger partial charge in [0.2, 0.25) is 5.78 Å². The van der Waals surface area contributed by atoms with Crippen molar-refractivity contribution in [2.75, 3.05) is 7.11 Å². The Morgan fingerprint density at radius 1 is 1.00 bits per heavy atom. The van der Waals surface area contributed by atoms with Crippen LogP contribution in [0.2, 0.25) is 0 Å². The topological polar surface area (TPSA) is 76.8 Å². The van der Waals surface area contributed by atoms with Gasteiger partial charge in [-0.15, -0.1) is 0 Å². The van der Waals surface area contributed by atoms with Crippen molar-refractivity contribution in [2.45, 2.75) is 0 Å². The molecule has 1 aromatic heterocycles. The second-order valence-corrected chi connectivity index (χ2v) is 4.77. The predicted octanol–water partition coefficient (Wildman–Crippen LogP) is -0.142. The Morgan fingerprint density at radius 3 is 2.55 bits per heavy atom. The Labute approximate surface area is 125 Å². The number of aromatic nitrogens is 2. The van der Waals surface area contributed by atoms with E-state index in [2.05, 4.69) is 20.0 Å². The van der Waals surface area contributed by atoms with Crippen LogP contribution in [-0.2, 0) is 4.79 Å². The van der Waals surface area contributed by atoms with Crippen LogP contribution in [-0.4, -0.2) is 34.4 Å². The number of rotatable bonds is 2. The van der Waals surface area contributed by atoms with Gasteiger partial charge in [-0.1, -0.05) is 0 Å². The van der Waals surface area contributed by atoms with Crippen molar-refractivity contribution in [1.29, 1.82) is 0 Å². The summed E-state index contributed by atoms with van der Waals surface area (Å²) < 4.78 is 5.13. The number of nitrogens with zero attached hydrogens (tertiary/aromatic N) is 4. The number of carbonyl (C=O) groups excluding carboxylic acids is 1. The highest BCUT2D eigenvalue weighted by atomic mass is 16.5. The summed E-state index contributed by atoms with van der Waals surface area (Å²) in [6.07, 6.45) is 4.57. The Morgan fingerprint density at radius 2 is 1.77 bits per heavy atom. The minimum atomic E-state index is -0.199. The Hall–Kier alpha value is -3.15. The largest absolute Gasteiger partial charge is 0.497 e. The van der Waals surface area contributed by atoms with Gasteiger partial charge in [0.25, 0.3) is 0 Å². The first-order valence-corrected chi connectivity index (χ1v) is 6.66. The van der Waals surface area contributed by atoms with Crippen LogP contribution in [0.15, 0.2) is 46.6 Å². The van der Waals surface area contributed by atoms with Gasteiger partial charge < -0.3 is 4.74 Å². The van der Waals surface area contributed by atoms with Gasteiger partial charge in [-0.05, 0) is 24.3 Å². The molecule has 0 saturated heterocycles. The molecule has 2 aliphatic rings. The average molecular weight is 290 g/mol. The maximum atomic E-state index is 12.1. The van der Waals surface area contributed by atoms with Crippen LogP contribution in [0, 0.1) is 0 Å². The molecule has 0 radical (unpaired) electrons. The van der Waals surface area contributed by atoms with Gasteiger partial charge in [0.05, 0.1) is 12.5 Å². The van der Waals surface area contributed by atoms with Gasteiger partial charge in [0, 0.05) is 24.0 Å². The van der Waals surface area contributed by atoms with E-state index in [1.54, 1.807) is 19.5 Å². The molecule has 1 aromatic carbocycles. The lowest BCUT2D eigenvalue weighted by atomic mass is 10.1.